The van der Waals surface area contributed by atoms with Gasteiger partial charge in [0.15, 0.2) is 0 Å². The molecule has 1 saturated carbocycles. The van der Waals surface area contributed by atoms with Crippen molar-refractivity contribution in [2.24, 2.45) is 5.73 Å². The molecule has 3 N–H and O–H groups in total. The van der Waals surface area contributed by atoms with E-state index in [4.69, 9.17) is 10.5 Å². The maximum absolute atomic E-state index is 11.2. The summed E-state index contributed by atoms with van der Waals surface area (Å²) in [6.45, 7) is 2.77. The molecule has 0 bridgehead atoms. The van der Waals surface area contributed by atoms with Gasteiger partial charge in [0.2, 0.25) is 0 Å². The Balaban J connectivity index is 2.13. The van der Waals surface area contributed by atoms with E-state index in [1.165, 1.54) is 0 Å². The summed E-state index contributed by atoms with van der Waals surface area (Å²) in [6, 6.07) is 0.0342. The van der Waals surface area contributed by atoms with Gasteiger partial charge in [0.05, 0.1) is 0 Å². The number of hydrogen-bond donors (Lipinski definition) is 2. The number of ether oxygens (including phenoxy) is 1. The zero-order valence-corrected chi connectivity index (χ0v) is 8.79. The summed E-state index contributed by atoms with van der Waals surface area (Å²) in [5.41, 5.74) is 5.78. The van der Waals surface area contributed by atoms with E-state index in [-0.39, 0.29) is 18.2 Å². The maximum atomic E-state index is 11.2. The van der Waals surface area contributed by atoms with Gasteiger partial charge in [0.1, 0.15) is 6.10 Å². The quantitative estimate of drug-likeness (QED) is 0.674. The average Bonchev–Trinajstić information content (AvgIpc) is 2.52. The molecule has 1 rings (SSSR count). The minimum Gasteiger partial charge on any atom is -0.445 e. The molecule has 4 heteroatoms. The second kappa shape index (κ2) is 5.86. The predicted octanol–water partition coefficient (Wildman–Crippen LogP) is 1.39. The Bertz CT molecular complexity index is 185. The molecule has 1 fully saturated rings. The Hall–Kier alpha value is -0.770. The van der Waals surface area contributed by atoms with E-state index in [1.807, 2.05) is 0 Å². The average molecular weight is 200 g/mol. The third-order valence-electron chi connectivity index (χ3n) is 2.56. The number of rotatable bonds is 4. The minimum atomic E-state index is -0.319. The second-order valence-corrected chi connectivity index (χ2v) is 3.82. The molecule has 0 saturated heterocycles. The van der Waals surface area contributed by atoms with Gasteiger partial charge in [-0.25, -0.2) is 4.79 Å². The van der Waals surface area contributed by atoms with E-state index in [0.717, 1.165) is 32.1 Å². The van der Waals surface area contributed by atoms with Crippen LogP contribution in [0.25, 0.3) is 0 Å². The Labute approximate surface area is 85.2 Å². The van der Waals surface area contributed by atoms with Gasteiger partial charge in [-0.1, -0.05) is 13.3 Å². The number of unbranched alkanes of at least 4 members (excludes halogenated alkanes) is 1. The second-order valence-electron chi connectivity index (χ2n) is 3.82. The molecule has 0 spiro atoms. The van der Waals surface area contributed by atoms with Crippen LogP contribution in [-0.4, -0.2) is 24.8 Å². The van der Waals surface area contributed by atoms with Gasteiger partial charge in [0.25, 0.3) is 0 Å². The minimum absolute atomic E-state index is 0.0342. The Morgan fingerprint density at radius 2 is 2.36 bits per heavy atom. The lowest BCUT2D eigenvalue weighted by Gasteiger charge is -2.16. The molecule has 0 aromatic carbocycles. The van der Waals surface area contributed by atoms with Crippen LogP contribution in [0, 0.1) is 0 Å². The molecule has 0 aromatic rings. The third kappa shape index (κ3) is 3.54. The van der Waals surface area contributed by atoms with Crippen molar-refractivity contribution in [1.82, 2.24) is 5.32 Å². The Kier molecular flexibility index (Phi) is 4.73. The van der Waals surface area contributed by atoms with E-state index in [9.17, 15) is 4.79 Å². The maximum Gasteiger partial charge on any atom is 0.407 e. The summed E-state index contributed by atoms with van der Waals surface area (Å²) >= 11 is 0. The number of carbonyl (C=O) groups excluding carboxylic acids is 1. The van der Waals surface area contributed by atoms with Gasteiger partial charge in [-0.15, -0.1) is 0 Å². The van der Waals surface area contributed by atoms with Crippen LogP contribution in [0.15, 0.2) is 0 Å². The van der Waals surface area contributed by atoms with Crippen molar-refractivity contribution in [3.05, 3.63) is 0 Å². The van der Waals surface area contributed by atoms with Gasteiger partial charge in [-0.2, -0.15) is 0 Å². The van der Waals surface area contributed by atoms with E-state index in [0.29, 0.717) is 6.54 Å². The van der Waals surface area contributed by atoms with Crippen molar-refractivity contribution in [1.29, 1.82) is 0 Å². The van der Waals surface area contributed by atoms with Crippen molar-refractivity contribution in [2.45, 2.75) is 51.2 Å². The summed E-state index contributed by atoms with van der Waals surface area (Å²) in [7, 11) is 0. The van der Waals surface area contributed by atoms with Crippen LogP contribution in [-0.2, 0) is 4.74 Å². The molecule has 0 aliphatic heterocycles. The first kappa shape index (κ1) is 11.3. The fraction of sp³-hybridized carbons (Fsp3) is 0.900. The first-order valence-electron chi connectivity index (χ1n) is 5.44. The van der Waals surface area contributed by atoms with E-state index >= 15 is 0 Å². The molecular formula is C10H20N2O2. The number of nitrogens with two attached hydrogens (primary N) is 1. The van der Waals surface area contributed by atoms with E-state index < -0.39 is 0 Å². The lowest BCUT2D eigenvalue weighted by Crippen LogP contribution is -2.37. The summed E-state index contributed by atoms with van der Waals surface area (Å²) in [5, 5.41) is 2.71. The highest BCUT2D eigenvalue weighted by Gasteiger charge is 2.26. The summed E-state index contributed by atoms with van der Waals surface area (Å²) in [5.74, 6) is 0. The van der Waals surface area contributed by atoms with Gasteiger partial charge >= 0.3 is 6.09 Å². The van der Waals surface area contributed by atoms with Gasteiger partial charge in [-0.3, -0.25) is 0 Å². The molecule has 2 atom stereocenters. The van der Waals surface area contributed by atoms with Crippen LogP contribution in [0.1, 0.15) is 39.0 Å². The van der Waals surface area contributed by atoms with Gasteiger partial charge in [0, 0.05) is 12.6 Å². The fourth-order valence-corrected chi connectivity index (χ4v) is 1.65. The van der Waals surface area contributed by atoms with Crippen molar-refractivity contribution >= 4 is 6.09 Å². The summed E-state index contributed by atoms with van der Waals surface area (Å²) < 4.78 is 5.20. The largest absolute Gasteiger partial charge is 0.445 e. The molecule has 1 aliphatic rings. The monoisotopic (exact) mass is 200 g/mol. The lowest BCUT2D eigenvalue weighted by atomic mass is 10.2. The predicted molar refractivity (Wildman–Crippen MR) is 55.0 cm³/mol. The first-order valence-corrected chi connectivity index (χ1v) is 5.44. The molecule has 4 nitrogen and oxygen atoms in total. The van der Waals surface area contributed by atoms with Crippen molar-refractivity contribution < 1.29 is 9.53 Å². The van der Waals surface area contributed by atoms with Crippen LogP contribution >= 0.6 is 0 Å². The van der Waals surface area contributed by atoms with Crippen LogP contribution in [0.3, 0.4) is 0 Å². The molecule has 14 heavy (non-hydrogen) atoms. The van der Waals surface area contributed by atoms with Crippen molar-refractivity contribution in [3.8, 4) is 0 Å². The molecule has 1 aliphatic carbocycles. The van der Waals surface area contributed by atoms with E-state index in [2.05, 4.69) is 12.2 Å². The molecule has 0 aromatic heterocycles. The summed E-state index contributed by atoms with van der Waals surface area (Å²) in [6.07, 6.45) is 4.61. The number of hydrogen-bond acceptors (Lipinski definition) is 3. The lowest BCUT2D eigenvalue weighted by molar-refractivity contribution is 0.0926. The number of amides is 1. The Morgan fingerprint density at radius 3 is 2.93 bits per heavy atom. The number of alkyl carbamates (subject to hydrolysis) is 1. The van der Waals surface area contributed by atoms with Crippen LogP contribution in [0.4, 0.5) is 4.79 Å². The SMILES string of the molecule is CCCCNC(=O)OC1CCCC1N. The van der Waals surface area contributed by atoms with Crippen LogP contribution < -0.4 is 11.1 Å². The molecular weight excluding hydrogens is 180 g/mol. The first-order chi connectivity index (χ1) is 6.74. The standard InChI is InChI=1S/C10H20N2O2/c1-2-3-7-12-10(13)14-9-6-4-5-8(9)11/h8-9H,2-7,11H2,1H3,(H,12,13). The van der Waals surface area contributed by atoms with Crippen molar-refractivity contribution in [3.63, 3.8) is 0 Å². The number of nitrogens with one attached hydrogen (secondary N) is 1. The smallest absolute Gasteiger partial charge is 0.407 e. The molecule has 82 valence electrons. The zero-order chi connectivity index (χ0) is 10.4. The van der Waals surface area contributed by atoms with Gasteiger partial charge in [-0.05, 0) is 25.7 Å². The van der Waals surface area contributed by atoms with Gasteiger partial charge < -0.3 is 15.8 Å². The molecule has 2 unspecified atom stereocenters. The molecule has 0 heterocycles. The topological polar surface area (TPSA) is 64.3 Å². The third-order valence-corrected chi connectivity index (χ3v) is 2.56. The molecule has 1 amide bonds. The highest BCUT2D eigenvalue weighted by molar-refractivity contribution is 5.67. The highest BCUT2D eigenvalue weighted by Crippen LogP contribution is 2.20. The number of carbonyl (C=O) groups is 1. The normalized spacial score (nSPS) is 26.1. The highest BCUT2D eigenvalue weighted by atomic mass is 16.6. The van der Waals surface area contributed by atoms with Crippen molar-refractivity contribution in [2.75, 3.05) is 6.54 Å². The van der Waals surface area contributed by atoms with Crippen LogP contribution in [0.5, 0.6) is 0 Å². The fourth-order valence-electron chi connectivity index (χ4n) is 1.65. The molecule has 0 radical (unpaired) electrons. The summed E-state index contributed by atoms with van der Waals surface area (Å²) in [4.78, 5) is 11.2. The zero-order valence-electron chi connectivity index (χ0n) is 8.79. The van der Waals surface area contributed by atoms with E-state index in [1.54, 1.807) is 0 Å². The Morgan fingerprint density at radius 1 is 1.57 bits per heavy atom. The van der Waals surface area contributed by atoms with Crippen LogP contribution in [0.2, 0.25) is 0 Å².